The van der Waals surface area contributed by atoms with Crippen molar-refractivity contribution >= 4 is 40.7 Å². The van der Waals surface area contributed by atoms with E-state index < -0.39 is 5.91 Å². The molecule has 0 aliphatic heterocycles. The Hall–Kier alpha value is -2.15. The maximum atomic E-state index is 12.4. The summed E-state index contributed by atoms with van der Waals surface area (Å²) >= 11 is 12.0. The van der Waals surface area contributed by atoms with Crippen molar-refractivity contribution in [2.24, 2.45) is 0 Å². The molecule has 8 heteroatoms. The Labute approximate surface area is 162 Å². The fraction of sp³-hybridized carbons (Fsp3) is 0.278. The zero-order chi connectivity index (χ0) is 19.1. The van der Waals surface area contributed by atoms with Crippen molar-refractivity contribution in [2.45, 2.75) is 6.42 Å². The number of nitrogens with zero attached hydrogens (tertiary/aromatic N) is 2. The number of carbonyl (C=O) groups excluding carboxylic acids is 2. The lowest BCUT2D eigenvalue weighted by atomic mass is 10.2. The molecule has 0 fully saturated rings. The van der Waals surface area contributed by atoms with E-state index in [4.69, 9.17) is 23.2 Å². The molecule has 138 valence electrons. The van der Waals surface area contributed by atoms with E-state index in [9.17, 15) is 9.59 Å². The second-order valence-electron chi connectivity index (χ2n) is 5.90. The van der Waals surface area contributed by atoms with Crippen LogP contribution < -0.4 is 10.6 Å². The normalized spacial score (nSPS) is 10.7. The van der Waals surface area contributed by atoms with E-state index in [1.807, 2.05) is 19.0 Å². The molecule has 0 spiro atoms. The molecule has 1 aromatic heterocycles. The first-order valence-electron chi connectivity index (χ1n) is 8.03. The van der Waals surface area contributed by atoms with Crippen molar-refractivity contribution in [3.8, 4) is 0 Å². The van der Waals surface area contributed by atoms with Crippen molar-refractivity contribution in [3.63, 3.8) is 0 Å². The number of hydrogen-bond acceptors (Lipinski definition) is 4. The molecule has 0 atom stereocenters. The fourth-order valence-electron chi connectivity index (χ4n) is 2.18. The number of pyridine rings is 1. The summed E-state index contributed by atoms with van der Waals surface area (Å²) in [6, 6.07) is 7.92. The number of benzene rings is 1. The van der Waals surface area contributed by atoms with Gasteiger partial charge in [0.05, 0.1) is 15.7 Å². The van der Waals surface area contributed by atoms with Crippen molar-refractivity contribution in [3.05, 3.63) is 57.8 Å². The molecule has 0 radical (unpaired) electrons. The Morgan fingerprint density at radius 1 is 1.15 bits per heavy atom. The highest BCUT2D eigenvalue weighted by atomic mass is 35.5. The van der Waals surface area contributed by atoms with Gasteiger partial charge in [0.2, 0.25) is 0 Å². The molecule has 0 aliphatic carbocycles. The van der Waals surface area contributed by atoms with Gasteiger partial charge in [0.25, 0.3) is 11.8 Å². The molecule has 2 aromatic rings. The molecule has 6 nitrogen and oxygen atoms in total. The maximum Gasteiger partial charge on any atom is 0.269 e. The Bertz CT molecular complexity index is 797. The number of rotatable bonds is 7. The molecule has 0 saturated carbocycles. The Morgan fingerprint density at radius 2 is 1.92 bits per heavy atom. The molecular formula is C18H20Cl2N4O2. The summed E-state index contributed by atoms with van der Waals surface area (Å²) in [5.41, 5.74) is 0.879. The predicted octanol–water partition coefficient (Wildman–Crippen LogP) is 3.32. The summed E-state index contributed by atoms with van der Waals surface area (Å²) in [5, 5.41) is 6.07. The molecule has 2 N–H and O–H groups in total. The maximum absolute atomic E-state index is 12.4. The molecule has 26 heavy (non-hydrogen) atoms. The smallest absolute Gasteiger partial charge is 0.269 e. The molecule has 2 rings (SSSR count). The highest BCUT2D eigenvalue weighted by molar-refractivity contribution is 6.44. The van der Waals surface area contributed by atoms with Crippen LogP contribution in [0, 0.1) is 0 Å². The first-order valence-corrected chi connectivity index (χ1v) is 8.78. The number of aromatic nitrogens is 1. The van der Waals surface area contributed by atoms with Gasteiger partial charge in [-0.2, -0.15) is 0 Å². The number of nitrogens with one attached hydrogen (secondary N) is 2. The third-order valence-electron chi connectivity index (χ3n) is 3.52. The predicted molar refractivity (Wildman–Crippen MR) is 104 cm³/mol. The van der Waals surface area contributed by atoms with Gasteiger partial charge in [-0.15, -0.1) is 0 Å². The topological polar surface area (TPSA) is 74.3 Å². The third kappa shape index (κ3) is 5.69. The summed E-state index contributed by atoms with van der Waals surface area (Å²) < 4.78 is 0. The van der Waals surface area contributed by atoms with E-state index in [1.165, 1.54) is 18.3 Å². The molecular weight excluding hydrogens is 375 g/mol. The van der Waals surface area contributed by atoms with Crippen LogP contribution in [0.25, 0.3) is 0 Å². The SMILES string of the molecule is CN(C)CCCNC(=O)c1cc(C(=O)Nc2cccc(Cl)c2Cl)ccn1. The number of amides is 2. The largest absolute Gasteiger partial charge is 0.351 e. The van der Waals surface area contributed by atoms with Gasteiger partial charge in [-0.3, -0.25) is 14.6 Å². The summed E-state index contributed by atoms with van der Waals surface area (Å²) in [6.07, 6.45) is 2.25. The molecule has 2 amide bonds. The highest BCUT2D eigenvalue weighted by Gasteiger charge is 2.13. The Morgan fingerprint density at radius 3 is 2.65 bits per heavy atom. The number of halogens is 2. The highest BCUT2D eigenvalue weighted by Crippen LogP contribution is 2.29. The van der Waals surface area contributed by atoms with Crippen LogP contribution in [0.4, 0.5) is 5.69 Å². The first-order chi connectivity index (χ1) is 12.4. The van der Waals surface area contributed by atoms with Crippen LogP contribution in [0.1, 0.15) is 27.3 Å². The van der Waals surface area contributed by atoms with E-state index in [0.29, 0.717) is 22.8 Å². The van der Waals surface area contributed by atoms with Crippen LogP contribution in [-0.4, -0.2) is 48.9 Å². The van der Waals surface area contributed by atoms with Gasteiger partial charge in [-0.25, -0.2) is 0 Å². The fourth-order valence-corrected chi connectivity index (χ4v) is 2.53. The molecule has 0 unspecified atom stereocenters. The number of hydrogen-bond donors (Lipinski definition) is 2. The van der Waals surface area contributed by atoms with Gasteiger partial charge >= 0.3 is 0 Å². The van der Waals surface area contributed by atoms with E-state index >= 15 is 0 Å². The van der Waals surface area contributed by atoms with E-state index in [1.54, 1.807) is 18.2 Å². The standard InChI is InChI=1S/C18H20Cl2N4O2/c1-24(2)10-4-8-22-18(26)15-11-12(7-9-21-15)17(25)23-14-6-3-5-13(19)16(14)20/h3,5-7,9,11H,4,8,10H2,1-2H3,(H,22,26)(H,23,25). The second-order valence-corrected chi connectivity index (χ2v) is 6.68. The van der Waals surface area contributed by atoms with Crippen molar-refractivity contribution in [2.75, 3.05) is 32.5 Å². The minimum absolute atomic E-state index is 0.180. The van der Waals surface area contributed by atoms with Crippen LogP contribution in [0.2, 0.25) is 10.0 Å². The van der Waals surface area contributed by atoms with Crippen LogP contribution in [-0.2, 0) is 0 Å². The molecule has 1 aromatic carbocycles. The van der Waals surface area contributed by atoms with Crippen LogP contribution in [0.5, 0.6) is 0 Å². The molecule has 0 bridgehead atoms. The lowest BCUT2D eigenvalue weighted by Crippen LogP contribution is -2.28. The zero-order valence-electron chi connectivity index (χ0n) is 14.6. The summed E-state index contributed by atoms with van der Waals surface area (Å²) in [4.78, 5) is 30.6. The molecule has 0 aliphatic rings. The third-order valence-corrected chi connectivity index (χ3v) is 4.34. The van der Waals surface area contributed by atoms with Crippen LogP contribution in [0.15, 0.2) is 36.5 Å². The van der Waals surface area contributed by atoms with Gasteiger partial charge in [-0.05, 0) is 51.3 Å². The average Bonchev–Trinajstić information content (AvgIpc) is 2.62. The van der Waals surface area contributed by atoms with Gasteiger partial charge in [0.1, 0.15) is 5.69 Å². The first kappa shape index (κ1) is 20.2. The summed E-state index contributed by atoms with van der Waals surface area (Å²) in [5.74, 6) is -0.725. The van der Waals surface area contributed by atoms with Gasteiger partial charge in [-0.1, -0.05) is 29.3 Å². The lowest BCUT2D eigenvalue weighted by Gasteiger charge is -2.10. The van der Waals surface area contributed by atoms with Gasteiger partial charge < -0.3 is 15.5 Å². The molecule has 0 saturated heterocycles. The number of carbonyl (C=O) groups is 2. The van der Waals surface area contributed by atoms with Gasteiger partial charge in [0.15, 0.2) is 0 Å². The summed E-state index contributed by atoms with van der Waals surface area (Å²) in [7, 11) is 3.94. The Balaban J connectivity index is 2.02. The summed E-state index contributed by atoms with van der Waals surface area (Å²) in [6.45, 7) is 1.41. The minimum Gasteiger partial charge on any atom is -0.351 e. The lowest BCUT2D eigenvalue weighted by molar-refractivity contribution is 0.0947. The van der Waals surface area contributed by atoms with Crippen molar-refractivity contribution in [1.82, 2.24) is 15.2 Å². The van der Waals surface area contributed by atoms with E-state index in [-0.39, 0.29) is 16.6 Å². The van der Waals surface area contributed by atoms with E-state index in [2.05, 4.69) is 15.6 Å². The van der Waals surface area contributed by atoms with Crippen LogP contribution >= 0.6 is 23.2 Å². The minimum atomic E-state index is -0.404. The zero-order valence-corrected chi connectivity index (χ0v) is 16.1. The number of anilines is 1. The quantitative estimate of drug-likeness (QED) is 0.706. The average molecular weight is 395 g/mol. The van der Waals surface area contributed by atoms with Crippen LogP contribution in [0.3, 0.4) is 0 Å². The van der Waals surface area contributed by atoms with Crippen molar-refractivity contribution in [1.29, 1.82) is 0 Å². The van der Waals surface area contributed by atoms with Gasteiger partial charge in [0, 0.05) is 18.3 Å². The molecule has 1 heterocycles. The monoisotopic (exact) mass is 394 g/mol. The Kier molecular flexibility index (Phi) is 7.38. The second kappa shape index (κ2) is 9.52. The van der Waals surface area contributed by atoms with Crippen molar-refractivity contribution < 1.29 is 9.59 Å². The van der Waals surface area contributed by atoms with E-state index in [0.717, 1.165) is 13.0 Å².